The number of aromatic nitrogens is 6. The number of anilines is 3. The Morgan fingerprint density at radius 3 is 1.27 bits per heavy atom. The third kappa shape index (κ3) is 4.29. The molecule has 0 saturated carbocycles. The lowest BCUT2D eigenvalue weighted by Crippen LogP contribution is -2.56. The molecular weight excluding hydrogens is 378 g/mol. The largest absolute Gasteiger partial charge is 0.320 e. The fourth-order valence-corrected chi connectivity index (χ4v) is 3.16. The fourth-order valence-electron chi connectivity index (χ4n) is 3.16. The first kappa shape index (κ1) is 19.9. The predicted octanol–water partition coefficient (Wildman–Crippen LogP) is 2.68. The number of hydrogen-bond acceptors (Lipinski definition) is 9. The van der Waals surface area contributed by atoms with Crippen molar-refractivity contribution in [3.05, 3.63) is 54.3 Å². The van der Waals surface area contributed by atoms with Crippen molar-refractivity contribution in [3.8, 4) is 0 Å². The molecule has 1 aliphatic heterocycles. The van der Waals surface area contributed by atoms with Crippen LogP contribution in [-0.2, 0) is 5.41 Å². The van der Waals surface area contributed by atoms with Crippen LogP contribution in [0.4, 0.5) is 17.5 Å². The zero-order valence-corrected chi connectivity index (χ0v) is 18.1. The minimum atomic E-state index is -0.0412. The van der Waals surface area contributed by atoms with E-state index in [0.717, 1.165) is 34.5 Å². The third-order valence-corrected chi connectivity index (χ3v) is 4.94. The monoisotopic (exact) mass is 405 g/mol. The van der Waals surface area contributed by atoms with Crippen molar-refractivity contribution in [2.24, 2.45) is 0 Å². The van der Waals surface area contributed by atoms with Crippen LogP contribution in [0.3, 0.4) is 0 Å². The molecule has 0 spiro atoms. The van der Waals surface area contributed by atoms with Gasteiger partial charge in [0.2, 0.25) is 0 Å². The Balaban J connectivity index is 1.65. The highest BCUT2D eigenvalue weighted by molar-refractivity contribution is 5.50. The molecule has 156 valence electrons. The van der Waals surface area contributed by atoms with Crippen LogP contribution < -0.4 is 14.7 Å². The van der Waals surface area contributed by atoms with Gasteiger partial charge in [-0.15, -0.1) is 0 Å². The molecule has 0 radical (unpaired) electrons. The Hall–Kier alpha value is -3.36. The molecule has 0 unspecified atom stereocenters. The van der Waals surface area contributed by atoms with Crippen LogP contribution in [0, 0.1) is 13.8 Å². The van der Waals surface area contributed by atoms with Crippen LogP contribution in [0.5, 0.6) is 0 Å². The summed E-state index contributed by atoms with van der Waals surface area (Å²) in [6.07, 6.45) is 10.8. The Morgan fingerprint density at radius 2 is 0.967 bits per heavy atom. The van der Waals surface area contributed by atoms with Crippen LogP contribution in [0.1, 0.15) is 37.9 Å². The topological polar surface area (TPSA) is 87.1 Å². The summed E-state index contributed by atoms with van der Waals surface area (Å²) in [4.78, 5) is 33.7. The molecule has 9 heteroatoms. The molecule has 3 aromatic rings. The van der Waals surface area contributed by atoms with Crippen molar-refractivity contribution >= 4 is 17.5 Å². The molecule has 0 bridgehead atoms. The van der Waals surface area contributed by atoms with Gasteiger partial charge >= 0.3 is 0 Å². The number of aryl methyl sites for hydroxylation is 2. The van der Waals surface area contributed by atoms with Crippen molar-refractivity contribution in [2.45, 2.75) is 40.0 Å². The number of rotatable bonds is 3. The molecule has 4 heterocycles. The molecule has 9 nitrogen and oxygen atoms in total. The maximum Gasteiger partial charge on any atom is 0.149 e. The van der Waals surface area contributed by atoms with Gasteiger partial charge in [-0.05, 0) is 13.8 Å². The van der Waals surface area contributed by atoms with Gasteiger partial charge in [0, 0.05) is 5.41 Å². The molecule has 3 aromatic heterocycles. The van der Waals surface area contributed by atoms with Crippen LogP contribution >= 0.6 is 0 Å². The minimum Gasteiger partial charge on any atom is -0.320 e. The van der Waals surface area contributed by atoms with Gasteiger partial charge in [0.1, 0.15) is 17.5 Å². The maximum atomic E-state index is 4.69. The lowest BCUT2D eigenvalue weighted by atomic mass is 9.93. The van der Waals surface area contributed by atoms with Gasteiger partial charge in [-0.1, -0.05) is 20.8 Å². The Bertz CT molecular complexity index is 925. The molecule has 0 atom stereocenters. The average molecular weight is 406 g/mol. The normalized spacial score (nSPS) is 14.9. The van der Waals surface area contributed by atoms with Crippen LogP contribution in [0.15, 0.2) is 37.2 Å². The minimum absolute atomic E-state index is 0.0412. The highest BCUT2D eigenvalue weighted by Crippen LogP contribution is 2.24. The number of hydrogen-bond donors (Lipinski definition) is 0. The number of nitrogens with zero attached hydrogens (tertiary/aromatic N) is 9. The Kier molecular flexibility index (Phi) is 5.19. The van der Waals surface area contributed by atoms with E-state index < -0.39 is 0 Å². The summed E-state index contributed by atoms with van der Waals surface area (Å²) in [5.41, 5.74) is 2.70. The molecule has 0 amide bonds. The zero-order chi connectivity index (χ0) is 21.3. The molecule has 30 heavy (non-hydrogen) atoms. The van der Waals surface area contributed by atoms with Gasteiger partial charge in [-0.3, -0.25) is 15.0 Å². The van der Waals surface area contributed by atoms with E-state index >= 15 is 0 Å². The molecule has 4 rings (SSSR count). The van der Waals surface area contributed by atoms with E-state index in [-0.39, 0.29) is 5.41 Å². The van der Waals surface area contributed by atoms with Crippen molar-refractivity contribution < 1.29 is 0 Å². The lowest BCUT2D eigenvalue weighted by molar-refractivity contribution is 0.561. The Labute approximate surface area is 176 Å². The van der Waals surface area contributed by atoms with Crippen LogP contribution in [0.25, 0.3) is 0 Å². The summed E-state index contributed by atoms with van der Waals surface area (Å²) in [5, 5.41) is 0. The molecular formula is C21H27N9. The maximum absolute atomic E-state index is 4.69. The standard InChI is InChI=1S/C21H27N9/c1-15-6-25-18(9-22-15)28-12-29(19-10-23-16(2)7-26-19)14-30(13-28)20-11-24-17(8-27-20)21(3,4)5/h6-11H,12-14H2,1-5H3. The molecule has 1 aliphatic rings. The molecule has 1 saturated heterocycles. The van der Waals surface area contributed by atoms with Gasteiger partial charge in [-0.2, -0.15) is 0 Å². The van der Waals surface area contributed by atoms with Crippen molar-refractivity contribution in [1.29, 1.82) is 0 Å². The predicted molar refractivity (Wildman–Crippen MR) is 116 cm³/mol. The summed E-state index contributed by atoms with van der Waals surface area (Å²) < 4.78 is 0. The molecule has 0 N–H and O–H groups in total. The third-order valence-electron chi connectivity index (χ3n) is 4.94. The first-order chi connectivity index (χ1) is 14.3. The average Bonchev–Trinajstić information content (AvgIpc) is 2.74. The zero-order valence-electron chi connectivity index (χ0n) is 18.1. The van der Waals surface area contributed by atoms with E-state index in [0.29, 0.717) is 20.0 Å². The fraction of sp³-hybridized carbons (Fsp3) is 0.429. The van der Waals surface area contributed by atoms with Gasteiger partial charge in [-0.25, -0.2) is 15.0 Å². The van der Waals surface area contributed by atoms with E-state index in [9.17, 15) is 0 Å². The second-order valence-corrected chi connectivity index (χ2v) is 8.59. The van der Waals surface area contributed by atoms with Crippen LogP contribution in [-0.4, -0.2) is 49.9 Å². The summed E-state index contributed by atoms with van der Waals surface area (Å²) in [5.74, 6) is 2.40. The SMILES string of the molecule is Cc1cnc(N2CN(c3cnc(C)cn3)CN(c3cnc(C(C)(C)C)cn3)C2)cn1. The molecule has 0 aromatic carbocycles. The second-order valence-electron chi connectivity index (χ2n) is 8.59. The molecule has 1 fully saturated rings. The summed E-state index contributed by atoms with van der Waals surface area (Å²) in [6, 6.07) is 0. The first-order valence-corrected chi connectivity index (χ1v) is 9.94. The van der Waals surface area contributed by atoms with Crippen molar-refractivity contribution in [3.63, 3.8) is 0 Å². The van der Waals surface area contributed by atoms with E-state index in [4.69, 9.17) is 4.98 Å². The quantitative estimate of drug-likeness (QED) is 0.652. The first-order valence-electron chi connectivity index (χ1n) is 9.94. The van der Waals surface area contributed by atoms with Gasteiger partial charge < -0.3 is 14.7 Å². The Morgan fingerprint density at radius 1 is 0.567 bits per heavy atom. The lowest BCUT2D eigenvalue weighted by Gasteiger charge is -2.43. The van der Waals surface area contributed by atoms with E-state index in [2.05, 4.69) is 60.4 Å². The van der Waals surface area contributed by atoms with E-state index in [1.165, 1.54) is 0 Å². The van der Waals surface area contributed by atoms with Crippen LogP contribution in [0.2, 0.25) is 0 Å². The van der Waals surface area contributed by atoms with Crippen molar-refractivity contribution in [2.75, 3.05) is 34.7 Å². The highest BCUT2D eigenvalue weighted by Gasteiger charge is 2.27. The molecule has 0 aliphatic carbocycles. The van der Waals surface area contributed by atoms with Gasteiger partial charge in [0.15, 0.2) is 0 Å². The highest BCUT2D eigenvalue weighted by atomic mass is 15.5. The van der Waals surface area contributed by atoms with E-state index in [1.54, 1.807) is 24.8 Å². The van der Waals surface area contributed by atoms with Gasteiger partial charge in [0.25, 0.3) is 0 Å². The van der Waals surface area contributed by atoms with Gasteiger partial charge in [0.05, 0.1) is 74.3 Å². The van der Waals surface area contributed by atoms with Crippen molar-refractivity contribution in [1.82, 2.24) is 29.9 Å². The van der Waals surface area contributed by atoms with E-state index in [1.807, 2.05) is 26.2 Å². The second kappa shape index (κ2) is 7.81. The summed E-state index contributed by atoms with van der Waals surface area (Å²) in [6.45, 7) is 12.1. The smallest absolute Gasteiger partial charge is 0.149 e. The summed E-state index contributed by atoms with van der Waals surface area (Å²) >= 11 is 0. The summed E-state index contributed by atoms with van der Waals surface area (Å²) in [7, 11) is 0.